The third-order valence-electron chi connectivity index (χ3n) is 4.04. The second kappa shape index (κ2) is 5.46. The van der Waals surface area contributed by atoms with E-state index in [4.69, 9.17) is 0 Å². The molecule has 7 heteroatoms. The molecule has 1 saturated carbocycles. The lowest BCUT2D eigenvalue weighted by atomic mass is 10.2. The number of nitrogens with one attached hydrogen (secondary N) is 2. The minimum Gasteiger partial charge on any atom is -0.332 e. The molecule has 1 saturated heterocycles. The summed E-state index contributed by atoms with van der Waals surface area (Å²) in [6.45, 7) is 3.96. The first-order valence-electron chi connectivity index (χ1n) is 7.31. The molecule has 1 aliphatic heterocycles. The van der Waals surface area contributed by atoms with Gasteiger partial charge in [0.25, 0.3) is 10.0 Å². The summed E-state index contributed by atoms with van der Waals surface area (Å²) in [4.78, 5) is 6.87. The molecule has 2 N–H and O–H groups in total. The highest BCUT2D eigenvalue weighted by Crippen LogP contribution is 2.31. The number of imidazole rings is 1. The van der Waals surface area contributed by atoms with Gasteiger partial charge < -0.3 is 10.3 Å². The van der Waals surface area contributed by atoms with Crippen LogP contribution in [0.15, 0.2) is 11.2 Å². The number of nitrogens with zero attached hydrogens (tertiary/aromatic N) is 2. The van der Waals surface area contributed by atoms with Crippen molar-refractivity contribution in [1.29, 1.82) is 0 Å². The fraction of sp³-hybridized carbons (Fsp3) is 0.769. The van der Waals surface area contributed by atoms with Gasteiger partial charge in [-0.05, 0) is 45.1 Å². The molecule has 112 valence electrons. The fourth-order valence-electron chi connectivity index (χ4n) is 2.69. The molecule has 1 aliphatic carbocycles. The SMILES string of the molecule is Cc1ncc(S(=O)(=O)N(CC2CC2)CC2CCCN2)[nH]1. The Kier molecular flexibility index (Phi) is 3.83. The minimum absolute atomic E-state index is 0.216. The fourth-order valence-corrected chi connectivity index (χ4v) is 4.21. The summed E-state index contributed by atoms with van der Waals surface area (Å²) < 4.78 is 27.1. The maximum absolute atomic E-state index is 12.7. The van der Waals surface area contributed by atoms with E-state index in [-0.39, 0.29) is 11.1 Å². The number of aromatic nitrogens is 2. The third-order valence-corrected chi connectivity index (χ3v) is 5.78. The van der Waals surface area contributed by atoms with Crippen molar-refractivity contribution < 1.29 is 8.42 Å². The highest BCUT2D eigenvalue weighted by Gasteiger charge is 2.34. The highest BCUT2D eigenvalue weighted by atomic mass is 32.2. The van der Waals surface area contributed by atoms with Crippen LogP contribution in [0.3, 0.4) is 0 Å². The largest absolute Gasteiger partial charge is 0.332 e. The van der Waals surface area contributed by atoms with Gasteiger partial charge in [0.1, 0.15) is 5.82 Å². The third kappa shape index (κ3) is 3.05. The van der Waals surface area contributed by atoms with Crippen molar-refractivity contribution in [3.63, 3.8) is 0 Å². The van der Waals surface area contributed by atoms with Crippen LogP contribution in [0.5, 0.6) is 0 Å². The molecule has 1 aromatic heterocycles. The zero-order chi connectivity index (χ0) is 14.2. The Balaban J connectivity index is 1.79. The first-order chi connectivity index (χ1) is 9.55. The van der Waals surface area contributed by atoms with Gasteiger partial charge in [0, 0.05) is 19.1 Å². The van der Waals surface area contributed by atoms with Crippen LogP contribution in [0, 0.1) is 12.8 Å². The van der Waals surface area contributed by atoms with Gasteiger partial charge in [0.15, 0.2) is 5.03 Å². The van der Waals surface area contributed by atoms with E-state index in [1.54, 1.807) is 11.2 Å². The molecule has 20 heavy (non-hydrogen) atoms. The summed E-state index contributed by atoms with van der Waals surface area (Å²) in [6, 6.07) is 0.285. The maximum atomic E-state index is 12.7. The minimum atomic E-state index is -3.45. The van der Waals surface area contributed by atoms with Gasteiger partial charge in [0.05, 0.1) is 6.20 Å². The molecule has 2 fully saturated rings. The monoisotopic (exact) mass is 298 g/mol. The number of hydrogen-bond acceptors (Lipinski definition) is 4. The van der Waals surface area contributed by atoms with Gasteiger partial charge in [-0.3, -0.25) is 0 Å². The van der Waals surface area contributed by atoms with Crippen LogP contribution in [0.2, 0.25) is 0 Å². The van der Waals surface area contributed by atoms with Crippen LogP contribution in [-0.4, -0.2) is 48.4 Å². The zero-order valence-electron chi connectivity index (χ0n) is 11.8. The second-order valence-electron chi connectivity index (χ2n) is 5.89. The summed E-state index contributed by atoms with van der Waals surface area (Å²) in [5.74, 6) is 1.17. The predicted octanol–water partition coefficient (Wildman–Crippen LogP) is 0.871. The van der Waals surface area contributed by atoms with E-state index >= 15 is 0 Å². The topological polar surface area (TPSA) is 78.1 Å². The van der Waals surface area contributed by atoms with E-state index in [0.29, 0.717) is 24.8 Å². The first kappa shape index (κ1) is 14.0. The highest BCUT2D eigenvalue weighted by molar-refractivity contribution is 7.89. The molecule has 2 aliphatic rings. The van der Waals surface area contributed by atoms with E-state index in [2.05, 4.69) is 15.3 Å². The Morgan fingerprint density at radius 3 is 2.70 bits per heavy atom. The van der Waals surface area contributed by atoms with Crippen LogP contribution >= 0.6 is 0 Å². The van der Waals surface area contributed by atoms with Crippen molar-refractivity contribution in [2.45, 2.75) is 43.7 Å². The lowest BCUT2D eigenvalue weighted by Gasteiger charge is -2.24. The van der Waals surface area contributed by atoms with Crippen LogP contribution < -0.4 is 5.32 Å². The van der Waals surface area contributed by atoms with E-state index in [9.17, 15) is 8.42 Å². The van der Waals surface area contributed by atoms with Crippen molar-refractivity contribution in [3.8, 4) is 0 Å². The van der Waals surface area contributed by atoms with Crippen LogP contribution in [-0.2, 0) is 10.0 Å². The summed E-state index contributed by atoms with van der Waals surface area (Å²) in [6.07, 6.45) is 5.90. The summed E-state index contributed by atoms with van der Waals surface area (Å²) >= 11 is 0. The maximum Gasteiger partial charge on any atom is 0.260 e. The average Bonchev–Trinajstić information content (AvgIpc) is 2.89. The molecule has 6 nitrogen and oxygen atoms in total. The molecule has 3 rings (SSSR count). The number of rotatable bonds is 6. The second-order valence-corrected chi connectivity index (χ2v) is 7.80. The number of aromatic amines is 1. The molecule has 1 atom stereocenters. The van der Waals surface area contributed by atoms with Gasteiger partial charge in [-0.1, -0.05) is 0 Å². The summed E-state index contributed by atoms with van der Waals surface area (Å²) in [5.41, 5.74) is 0. The van der Waals surface area contributed by atoms with Crippen molar-refractivity contribution in [1.82, 2.24) is 19.6 Å². The number of sulfonamides is 1. The Morgan fingerprint density at radius 2 is 2.15 bits per heavy atom. The normalized spacial score (nSPS) is 23.6. The lowest BCUT2D eigenvalue weighted by Crippen LogP contribution is -2.42. The lowest BCUT2D eigenvalue weighted by molar-refractivity contribution is 0.357. The smallest absolute Gasteiger partial charge is 0.260 e. The van der Waals surface area contributed by atoms with Gasteiger partial charge in [-0.15, -0.1) is 0 Å². The number of aryl methyl sites for hydroxylation is 1. The molecular weight excluding hydrogens is 276 g/mol. The van der Waals surface area contributed by atoms with Crippen molar-refractivity contribution in [2.75, 3.05) is 19.6 Å². The zero-order valence-corrected chi connectivity index (χ0v) is 12.6. The van der Waals surface area contributed by atoms with Crippen molar-refractivity contribution >= 4 is 10.0 Å². The standard InChI is InChI=1S/C13H22N4O2S/c1-10-15-7-13(16-10)20(18,19)17(8-11-4-5-11)9-12-3-2-6-14-12/h7,11-12,14H,2-6,8-9H2,1H3,(H,15,16). The van der Waals surface area contributed by atoms with Crippen LogP contribution in [0.4, 0.5) is 0 Å². The van der Waals surface area contributed by atoms with E-state index in [0.717, 1.165) is 32.2 Å². The van der Waals surface area contributed by atoms with Gasteiger partial charge in [-0.25, -0.2) is 13.4 Å². The Hall–Kier alpha value is -0.920. The van der Waals surface area contributed by atoms with Crippen LogP contribution in [0.25, 0.3) is 0 Å². The van der Waals surface area contributed by atoms with Crippen LogP contribution in [0.1, 0.15) is 31.5 Å². The Bertz CT molecular complexity index is 559. The number of H-pyrrole nitrogens is 1. The van der Waals surface area contributed by atoms with Gasteiger partial charge in [-0.2, -0.15) is 4.31 Å². The summed E-state index contributed by atoms with van der Waals surface area (Å²) in [7, 11) is -3.45. The van der Waals surface area contributed by atoms with E-state index in [1.165, 1.54) is 6.20 Å². The van der Waals surface area contributed by atoms with Gasteiger partial charge >= 0.3 is 0 Å². The molecule has 1 unspecified atom stereocenters. The van der Waals surface area contributed by atoms with Gasteiger partial charge in [0.2, 0.25) is 0 Å². The quantitative estimate of drug-likeness (QED) is 0.817. The number of hydrogen-bond donors (Lipinski definition) is 2. The van der Waals surface area contributed by atoms with E-state index in [1.807, 2.05) is 0 Å². The molecule has 0 radical (unpaired) electrons. The molecular formula is C13H22N4O2S. The Labute approximate surface area is 120 Å². The first-order valence-corrected chi connectivity index (χ1v) is 8.75. The molecule has 0 aromatic carbocycles. The molecule has 1 aromatic rings. The predicted molar refractivity (Wildman–Crippen MR) is 75.8 cm³/mol. The Morgan fingerprint density at radius 1 is 1.35 bits per heavy atom. The summed E-state index contributed by atoms with van der Waals surface area (Å²) in [5, 5.41) is 3.59. The molecule has 0 bridgehead atoms. The van der Waals surface area contributed by atoms with Crippen molar-refractivity contribution in [2.24, 2.45) is 5.92 Å². The molecule has 2 heterocycles. The van der Waals surface area contributed by atoms with Crippen molar-refractivity contribution in [3.05, 3.63) is 12.0 Å². The van der Waals surface area contributed by atoms with E-state index < -0.39 is 10.0 Å². The molecule has 0 amide bonds. The molecule has 0 spiro atoms. The average molecular weight is 298 g/mol.